The van der Waals surface area contributed by atoms with Gasteiger partial charge in [0.15, 0.2) is 0 Å². The van der Waals surface area contributed by atoms with Crippen LogP contribution in [0, 0.1) is 0 Å². The van der Waals surface area contributed by atoms with Crippen molar-refractivity contribution in [2.45, 2.75) is 0 Å². The topological polar surface area (TPSA) is 88.6 Å². The van der Waals surface area contributed by atoms with Gasteiger partial charge in [-0.1, -0.05) is 30.3 Å². The summed E-state index contributed by atoms with van der Waals surface area (Å²) in [5.41, 5.74) is 0.686. The van der Waals surface area contributed by atoms with Crippen LogP contribution in [0.15, 0.2) is 66.5 Å². The van der Waals surface area contributed by atoms with Crippen molar-refractivity contribution in [1.29, 1.82) is 0 Å². The van der Waals surface area contributed by atoms with E-state index in [4.69, 9.17) is 4.74 Å². The van der Waals surface area contributed by atoms with Crippen LogP contribution < -0.4 is 15.0 Å². The molecule has 0 spiro atoms. The molecule has 0 bridgehead atoms. The molecule has 1 aliphatic rings. The lowest BCUT2D eigenvalue weighted by Crippen LogP contribution is -2.54. The third-order valence-corrected chi connectivity index (χ3v) is 4.45. The molecule has 0 saturated carbocycles. The number of carbonyl (C=O) groups is 3. The number of rotatable bonds is 3. The van der Waals surface area contributed by atoms with Gasteiger partial charge >= 0.3 is 6.03 Å². The molecule has 1 fully saturated rings. The van der Waals surface area contributed by atoms with E-state index in [9.17, 15) is 14.4 Å². The summed E-state index contributed by atoms with van der Waals surface area (Å²) in [6.45, 7) is 0. The molecule has 7 nitrogen and oxygen atoms in total. The number of anilines is 1. The summed E-state index contributed by atoms with van der Waals surface area (Å²) in [6, 6.07) is 13.6. The molecule has 1 saturated heterocycles. The Bertz CT molecular complexity index is 1140. The van der Waals surface area contributed by atoms with E-state index in [1.165, 1.54) is 25.6 Å². The van der Waals surface area contributed by atoms with Gasteiger partial charge in [0.2, 0.25) is 0 Å². The number of fused-ring (bicyclic) bond motifs is 1. The van der Waals surface area contributed by atoms with Gasteiger partial charge in [0, 0.05) is 11.8 Å². The van der Waals surface area contributed by atoms with Gasteiger partial charge in [0.25, 0.3) is 11.8 Å². The number of hydrogen-bond acceptors (Lipinski definition) is 5. The number of carbonyl (C=O) groups excluding carboxylic acids is 3. The Kier molecular flexibility index (Phi) is 4.33. The Hall–Kier alpha value is -4.00. The zero-order valence-corrected chi connectivity index (χ0v) is 14.9. The van der Waals surface area contributed by atoms with E-state index in [0.29, 0.717) is 11.3 Å². The van der Waals surface area contributed by atoms with Gasteiger partial charge in [-0.15, -0.1) is 0 Å². The number of pyridine rings is 1. The number of benzene rings is 2. The maximum Gasteiger partial charge on any atom is 0.336 e. The van der Waals surface area contributed by atoms with Gasteiger partial charge in [0.1, 0.15) is 11.3 Å². The van der Waals surface area contributed by atoms with Crippen LogP contribution >= 0.6 is 0 Å². The smallest absolute Gasteiger partial charge is 0.336 e. The highest BCUT2D eigenvalue weighted by molar-refractivity contribution is 6.39. The van der Waals surface area contributed by atoms with E-state index in [1.54, 1.807) is 18.2 Å². The second-order valence-electron chi connectivity index (χ2n) is 6.07. The molecule has 2 aromatic carbocycles. The zero-order valence-electron chi connectivity index (χ0n) is 14.9. The van der Waals surface area contributed by atoms with Crippen LogP contribution in [0.5, 0.6) is 5.75 Å². The molecule has 0 aliphatic carbocycles. The minimum absolute atomic E-state index is 0.168. The Morgan fingerprint density at radius 1 is 1.04 bits per heavy atom. The molecule has 4 amide bonds. The third kappa shape index (κ3) is 2.88. The highest BCUT2D eigenvalue weighted by Gasteiger charge is 2.37. The van der Waals surface area contributed by atoms with Gasteiger partial charge in [-0.2, -0.15) is 0 Å². The molecular formula is C21H15N3O4. The van der Waals surface area contributed by atoms with Crippen LogP contribution in [0.1, 0.15) is 5.56 Å². The summed E-state index contributed by atoms with van der Waals surface area (Å²) in [5.74, 6) is -0.974. The van der Waals surface area contributed by atoms with Crippen LogP contribution in [0.25, 0.3) is 16.8 Å². The lowest BCUT2D eigenvalue weighted by molar-refractivity contribution is -0.122. The monoisotopic (exact) mass is 373 g/mol. The lowest BCUT2D eigenvalue weighted by Gasteiger charge is -2.26. The first-order valence-electron chi connectivity index (χ1n) is 8.47. The van der Waals surface area contributed by atoms with Crippen molar-refractivity contribution >= 4 is 40.4 Å². The summed E-state index contributed by atoms with van der Waals surface area (Å²) in [6.07, 6.45) is 4.36. The molecule has 28 heavy (non-hydrogen) atoms. The van der Waals surface area contributed by atoms with Crippen molar-refractivity contribution in [2.75, 3.05) is 12.0 Å². The molecule has 1 aliphatic heterocycles. The van der Waals surface area contributed by atoms with Crippen molar-refractivity contribution in [2.24, 2.45) is 0 Å². The number of imide groups is 2. The van der Waals surface area contributed by atoms with E-state index in [1.807, 2.05) is 30.3 Å². The minimum Gasteiger partial charge on any atom is -0.496 e. The summed E-state index contributed by atoms with van der Waals surface area (Å²) in [5, 5.41) is 3.95. The fraction of sp³-hybridized carbons (Fsp3) is 0.0476. The average molecular weight is 373 g/mol. The summed E-state index contributed by atoms with van der Waals surface area (Å²) in [7, 11) is 1.51. The number of barbiturate groups is 1. The average Bonchev–Trinajstić information content (AvgIpc) is 2.71. The molecule has 0 unspecified atom stereocenters. The molecule has 1 N–H and O–H groups in total. The molecule has 0 atom stereocenters. The van der Waals surface area contributed by atoms with E-state index >= 15 is 0 Å². The first-order chi connectivity index (χ1) is 13.6. The van der Waals surface area contributed by atoms with Crippen LogP contribution in [-0.4, -0.2) is 29.9 Å². The maximum absolute atomic E-state index is 13.0. The molecule has 4 rings (SSSR count). The maximum atomic E-state index is 13.0. The van der Waals surface area contributed by atoms with E-state index in [0.717, 1.165) is 15.7 Å². The normalized spacial score (nSPS) is 15.8. The molecule has 3 aromatic rings. The van der Waals surface area contributed by atoms with Crippen molar-refractivity contribution in [3.05, 3.63) is 72.1 Å². The third-order valence-electron chi connectivity index (χ3n) is 4.45. The number of nitrogens with zero attached hydrogens (tertiary/aromatic N) is 2. The number of aromatic nitrogens is 1. The second-order valence-corrected chi connectivity index (χ2v) is 6.07. The quantitative estimate of drug-likeness (QED) is 0.563. The standard InChI is InChI=1S/C21H15N3O4/c1-28-18-9-8-13-5-2-3-7-15(13)16(18)11-17-19(25)23-21(27)24(20(17)26)14-6-4-10-22-12-14/h2-12H,1H3,(H,23,25,27)/b17-11-. The van der Waals surface area contributed by atoms with E-state index < -0.39 is 17.8 Å². The molecule has 7 heteroatoms. The highest BCUT2D eigenvalue weighted by atomic mass is 16.5. The van der Waals surface area contributed by atoms with Crippen LogP contribution in [0.4, 0.5) is 10.5 Å². The zero-order chi connectivity index (χ0) is 19.7. The number of methoxy groups -OCH3 is 1. The summed E-state index contributed by atoms with van der Waals surface area (Å²) >= 11 is 0. The predicted molar refractivity (Wildman–Crippen MR) is 104 cm³/mol. The first-order valence-corrected chi connectivity index (χ1v) is 8.47. The van der Waals surface area contributed by atoms with Gasteiger partial charge in [-0.3, -0.25) is 19.9 Å². The molecule has 0 radical (unpaired) electrons. The Morgan fingerprint density at radius 3 is 2.61 bits per heavy atom. The first kappa shape index (κ1) is 17.4. The molecular weight excluding hydrogens is 358 g/mol. The SMILES string of the molecule is COc1ccc2ccccc2c1/C=C1/C(=O)NC(=O)N(c2cccnc2)C1=O. The largest absolute Gasteiger partial charge is 0.496 e. The van der Waals surface area contributed by atoms with Gasteiger partial charge in [-0.05, 0) is 35.0 Å². The van der Waals surface area contributed by atoms with Gasteiger partial charge < -0.3 is 4.74 Å². The number of urea groups is 1. The van der Waals surface area contributed by atoms with Gasteiger partial charge in [0.05, 0.1) is 19.0 Å². The molecule has 2 heterocycles. The number of nitrogens with one attached hydrogen (secondary N) is 1. The van der Waals surface area contributed by atoms with Crippen molar-refractivity contribution in [1.82, 2.24) is 10.3 Å². The van der Waals surface area contributed by atoms with Gasteiger partial charge in [-0.25, -0.2) is 9.69 Å². The number of hydrogen-bond donors (Lipinski definition) is 1. The van der Waals surface area contributed by atoms with Crippen LogP contribution in [-0.2, 0) is 9.59 Å². The van der Waals surface area contributed by atoms with E-state index in [-0.39, 0.29) is 11.3 Å². The van der Waals surface area contributed by atoms with Crippen molar-refractivity contribution in [3.63, 3.8) is 0 Å². The fourth-order valence-electron chi connectivity index (χ4n) is 3.12. The lowest BCUT2D eigenvalue weighted by atomic mass is 9.99. The highest BCUT2D eigenvalue weighted by Crippen LogP contribution is 2.31. The van der Waals surface area contributed by atoms with Crippen molar-refractivity contribution in [3.8, 4) is 5.75 Å². The number of amides is 4. The summed E-state index contributed by atoms with van der Waals surface area (Å²) < 4.78 is 5.42. The Balaban J connectivity index is 1.87. The summed E-state index contributed by atoms with van der Waals surface area (Å²) in [4.78, 5) is 42.5. The number of ether oxygens (including phenoxy) is 1. The van der Waals surface area contributed by atoms with Crippen LogP contribution in [0.3, 0.4) is 0 Å². The van der Waals surface area contributed by atoms with Crippen molar-refractivity contribution < 1.29 is 19.1 Å². The van der Waals surface area contributed by atoms with Crippen LogP contribution in [0.2, 0.25) is 0 Å². The Morgan fingerprint density at radius 2 is 1.86 bits per heavy atom. The van der Waals surface area contributed by atoms with E-state index in [2.05, 4.69) is 10.3 Å². The molecule has 1 aromatic heterocycles. The predicted octanol–water partition coefficient (Wildman–Crippen LogP) is 2.91. The Labute approximate surface area is 160 Å². The second kappa shape index (κ2) is 6.96. The minimum atomic E-state index is -0.815. The fourth-order valence-corrected chi connectivity index (χ4v) is 3.12. The molecule has 138 valence electrons.